The second-order valence-corrected chi connectivity index (χ2v) is 6.74. The molecule has 0 radical (unpaired) electrons. The monoisotopic (exact) mass is 330 g/mol. The third kappa shape index (κ3) is 2.84. The van der Waals surface area contributed by atoms with Crippen molar-refractivity contribution < 1.29 is 0 Å². The van der Waals surface area contributed by atoms with Crippen LogP contribution in [0.1, 0.15) is 22.5 Å². The summed E-state index contributed by atoms with van der Waals surface area (Å²) in [4.78, 5) is 9.35. The molecule has 0 saturated heterocycles. The fraction of sp³-hybridized carbons (Fsp3) is 0.238. The molecule has 0 spiro atoms. The van der Waals surface area contributed by atoms with Gasteiger partial charge in [0.15, 0.2) is 0 Å². The maximum Gasteiger partial charge on any atom is 0.127 e. The standard InChI is InChI=1S/C21H22N4/c1-13-5-7-18-17(9-13)14(2)10-21(24-18)22-12-16-6-8-20-19(11-16)23-15(3)25(20)4/h5-11H,12H2,1-4H3,(H,22,24). The summed E-state index contributed by atoms with van der Waals surface area (Å²) in [6, 6.07) is 14.9. The first-order valence-electron chi connectivity index (χ1n) is 8.55. The minimum Gasteiger partial charge on any atom is -0.366 e. The van der Waals surface area contributed by atoms with Crippen LogP contribution in [0, 0.1) is 20.8 Å². The van der Waals surface area contributed by atoms with Gasteiger partial charge in [0.05, 0.1) is 16.6 Å². The first kappa shape index (κ1) is 15.6. The lowest BCUT2D eigenvalue weighted by Gasteiger charge is -2.10. The number of rotatable bonds is 3. The minimum atomic E-state index is 0.732. The van der Waals surface area contributed by atoms with Gasteiger partial charge in [-0.05, 0) is 62.2 Å². The molecule has 0 unspecified atom stereocenters. The molecule has 4 nitrogen and oxygen atoms in total. The normalized spacial score (nSPS) is 11.4. The molecular formula is C21H22N4. The Hall–Kier alpha value is -2.88. The highest BCUT2D eigenvalue weighted by molar-refractivity contribution is 5.84. The zero-order valence-electron chi connectivity index (χ0n) is 15.1. The molecule has 2 aromatic heterocycles. The summed E-state index contributed by atoms with van der Waals surface area (Å²) in [5.74, 6) is 1.94. The lowest BCUT2D eigenvalue weighted by molar-refractivity contribution is 0.886. The number of nitrogens with zero attached hydrogens (tertiary/aromatic N) is 3. The number of aromatic nitrogens is 3. The summed E-state index contributed by atoms with van der Waals surface area (Å²) in [5.41, 5.74) is 6.94. The number of hydrogen-bond acceptors (Lipinski definition) is 3. The molecule has 4 rings (SSSR count). The van der Waals surface area contributed by atoms with Crippen molar-refractivity contribution in [3.05, 3.63) is 65.0 Å². The number of pyridine rings is 1. The zero-order chi connectivity index (χ0) is 17.6. The Kier molecular flexibility index (Phi) is 3.68. The molecule has 0 amide bonds. The van der Waals surface area contributed by atoms with Crippen molar-refractivity contribution in [1.29, 1.82) is 0 Å². The third-order valence-corrected chi connectivity index (χ3v) is 4.81. The van der Waals surface area contributed by atoms with Gasteiger partial charge in [0.2, 0.25) is 0 Å². The number of aryl methyl sites for hydroxylation is 4. The van der Waals surface area contributed by atoms with E-state index in [4.69, 9.17) is 4.98 Å². The van der Waals surface area contributed by atoms with Crippen LogP contribution < -0.4 is 5.32 Å². The highest BCUT2D eigenvalue weighted by atomic mass is 15.0. The van der Waals surface area contributed by atoms with E-state index in [1.54, 1.807) is 0 Å². The van der Waals surface area contributed by atoms with E-state index in [0.717, 1.165) is 34.7 Å². The number of imidazole rings is 1. The Morgan fingerprint density at radius 2 is 1.76 bits per heavy atom. The van der Waals surface area contributed by atoms with Gasteiger partial charge in [0.1, 0.15) is 11.6 Å². The lowest BCUT2D eigenvalue weighted by Crippen LogP contribution is -2.02. The summed E-state index contributed by atoms with van der Waals surface area (Å²) in [6.07, 6.45) is 0. The zero-order valence-corrected chi connectivity index (χ0v) is 15.1. The summed E-state index contributed by atoms with van der Waals surface area (Å²) < 4.78 is 2.11. The van der Waals surface area contributed by atoms with E-state index in [-0.39, 0.29) is 0 Å². The Balaban J connectivity index is 1.60. The van der Waals surface area contributed by atoms with Gasteiger partial charge in [0.25, 0.3) is 0 Å². The molecule has 4 aromatic rings. The van der Waals surface area contributed by atoms with E-state index in [2.05, 4.69) is 71.2 Å². The number of benzene rings is 2. The first-order valence-corrected chi connectivity index (χ1v) is 8.55. The van der Waals surface area contributed by atoms with E-state index < -0.39 is 0 Å². The van der Waals surface area contributed by atoms with Gasteiger partial charge in [-0.3, -0.25) is 0 Å². The second kappa shape index (κ2) is 5.88. The molecule has 0 saturated carbocycles. The molecule has 0 bridgehead atoms. The predicted octanol–water partition coefficient (Wildman–Crippen LogP) is 4.66. The van der Waals surface area contributed by atoms with Crippen LogP contribution >= 0.6 is 0 Å². The van der Waals surface area contributed by atoms with Crippen molar-refractivity contribution in [2.75, 3.05) is 5.32 Å². The molecule has 0 atom stereocenters. The van der Waals surface area contributed by atoms with Crippen LogP contribution in [0.3, 0.4) is 0 Å². The highest BCUT2D eigenvalue weighted by Crippen LogP contribution is 2.22. The van der Waals surface area contributed by atoms with Crippen LogP contribution in [0.25, 0.3) is 21.9 Å². The molecule has 25 heavy (non-hydrogen) atoms. The average Bonchev–Trinajstić information content (AvgIpc) is 2.87. The smallest absolute Gasteiger partial charge is 0.127 e. The van der Waals surface area contributed by atoms with Crippen LogP contribution in [0.15, 0.2) is 42.5 Å². The molecule has 0 fully saturated rings. The molecule has 2 heterocycles. The van der Waals surface area contributed by atoms with E-state index in [0.29, 0.717) is 0 Å². The topological polar surface area (TPSA) is 42.7 Å². The summed E-state index contributed by atoms with van der Waals surface area (Å²) >= 11 is 0. The van der Waals surface area contributed by atoms with Crippen molar-refractivity contribution in [1.82, 2.24) is 14.5 Å². The SMILES string of the molecule is Cc1ccc2nc(NCc3ccc4c(c3)nc(C)n4C)cc(C)c2c1. The molecule has 0 aliphatic heterocycles. The third-order valence-electron chi connectivity index (χ3n) is 4.81. The van der Waals surface area contributed by atoms with Crippen LogP contribution in [0.4, 0.5) is 5.82 Å². The molecule has 2 aromatic carbocycles. The molecule has 0 aliphatic rings. The van der Waals surface area contributed by atoms with Crippen molar-refractivity contribution in [3.63, 3.8) is 0 Å². The first-order chi connectivity index (χ1) is 12.0. The van der Waals surface area contributed by atoms with Crippen molar-refractivity contribution in [2.24, 2.45) is 7.05 Å². The van der Waals surface area contributed by atoms with Crippen LogP contribution in [0.5, 0.6) is 0 Å². The van der Waals surface area contributed by atoms with Gasteiger partial charge in [-0.25, -0.2) is 9.97 Å². The molecule has 126 valence electrons. The number of anilines is 1. The maximum absolute atomic E-state index is 4.74. The Labute approximate surface area is 147 Å². The van der Waals surface area contributed by atoms with Gasteiger partial charge >= 0.3 is 0 Å². The average molecular weight is 330 g/mol. The summed E-state index contributed by atoms with van der Waals surface area (Å²) in [5, 5.41) is 4.67. The van der Waals surface area contributed by atoms with Crippen molar-refractivity contribution in [2.45, 2.75) is 27.3 Å². The van der Waals surface area contributed by atoms with Crippen LogP contribution in [-0.2, 0) is 13.6 Å². The minimum absolute atomic E-state index is 0.732. The summed E-state index contributed by atoms with van der Waals surface area (Å²) in [6.45, 7) is 7.01. The Bertz CT molecular complexity index is 1090. The second-order valence-electron chi connectivity index (χ2n) is 6.74. The maximum atomic E-state index is 4.74. The van der Waals surface area contributed by atoms with Gasteiger partial charge in [-0.2, -0.15) is 0 Å². The van der Waals surface area contributed by atoms with Gasteiger partial charge in [-0.15, -0.1) is 0 Å². The van der Waals surface area contributed by atoms with Gasteiger partial charge in [0, 0.05) is 19.0 Å². The fourth-order valence-corrected chi connectivity index (χ4v) is 3.27. The van der Waals surface area contributed by atoms with Gasteiger partial charge < -0.3 is 9.88 Å². The predicted molar refractivity (Wildman–Crippen MR) is 104 cm³/mol. The van der Waals surface area contributed by atoms with Gasteiger partial charge in [-0.1, -0.05) is 17.7 Å². The molecule has 1 N–H and O–H groups in total. The summed E-state index contributed by atoms with van der Waals surface area (Å²) in [7, 11) is 2.05. The number of hydrogen-bond donors (Lipinski definition) is 1. The Morgan fingerprint density at radius 3 is 2.60 bits per heavy atom. The largest absolute Gasteiger partial charge is 0.366 e. The van der Waals surface area contributed by atoms with E-state index in [1.165, 1.54) is 22.1 Å². The lowest BCUT2D eigenvalue weighted by atomic mass is 10.1. The van der Waals surface area contributed by atoms with E-state index in [9.17, 15) is 0 Å². The van der Waals surface area contributed by atoms with Crippen LogP contribution in [-0.4, -0.2) is 14.5 Å². The van der Waals surface area contributed by atoms with Crippen molar-refractivity contribution in [3.8, 4) is 0 Å². The quantitative estimate of drug-likeness (QED) is 0.594. The molecular weight excluding hydrogens is 308 g/mol. The van der Waals surface area contributed by atoms with E-state index >= 15 is 0 Å². The van der Waals surface area contributed by atoms with E-state index in [1.807, 2.05) is 14.0 Å². The van der Waals surface area contributed by atoms with Crippen LogP contribution in [0.2, 0.25) is 0 Å². The fourth-order valence-electron chi connectivity index (χ4n) is 3.27. The number of nitrogens with one attached hydrogen (secondary N) is 1. The van der Waals surface area contributed by atoms with Crippen molar-refractivity contribution >= 4 is 27.8 Å². The molecule has 4 heteroatoms. The Morgan fingerprint density at radius 1 is 0.920 bits per heavy atom. The molecule has 0 aliphatic carbocycles. The highest BCUT2D eigenvalue weighted by Gasteiger charge is 2.06. The number of fused-ring (bicyclic) bond motifs is 2.